The summed E-state index contributed by atoms with van der Waals surface area (Å²) in [5.74, 6) is -0.0909. The predicted octanol–water partition coefficient (Wildman–Crippen LogP) is 1.88. The van der Waals surface area contributed by atoms with E-state index in [4.69, 9.17) is 4.74 Å². The van der Waals surface area contributed by atoms with Crippen LogP contribution in [0.4, 0.5) is 0 Å². The molecule has 1 aliphatic rings. The highest BCUT2D eigenvalue weighted by Gasteiger charge is 2.30. The highest BCUT2D eigenvalue weighted by Crippen LogP contribution is 2.29. The Kier molecular flexibility index (Phi) is 4.33. The number of hydrogen-bond donors (Lipinski definition) is 2. The third-order valence-corrected chi connectivity index (χ3v) is 4.32. The number of hydrogen-bond acceptors (Lipinski definition) is 4. The number of morpholine rings is 1. The zero-order valence-corrected chi connectivity index (χ0v) is 13.8. The molecule has 0 radical (unpaired) electrons. The molecule has 3 rings (SSSR count). The van der Waals surface area contributed by atoms with E-state index >= 15 is 0 Å². The fourth-order valence-electron chi connectivity index (χ4n) is 3.02. The van der Waals surface area contributed by atoms with Crippen LogP contribution in [0.15, 0.2) is 30.5 Å². The van der Waals surface area contributed by atoms with E-state index in [0.717, 1.165) is 28.6 Å². The van der Waals surface area contributed by atoms with Crippen molar-refractivity contribution in [2.45, 2.75) is 32.4 Å². The fourth-order valence-corrected chi connectivity index (χ4v) is 3.02. The van der Waals surface area contributed by atoms with Gasteiger partial charge in [-0.3, -0.25) is 9.78 Å². The minimum absolute atomic E-state index is 0.0909. The van der Waals surface area contributed by atoms with Crippen LogP contribution in [0, 0.1) is 6.92 Å². The van der Waals surface area contributed by atoms with Gasteiger partial charge in [0.2, 0.25) is 0 Å². The SMILES string of the molecule is Cc1ncc(C(C)(C)NC(=O)C2CNCCO2)c2ccccc12. The standard InChI is InChI=1S/C18H23N3O2/c1-12-13-6-4-5-7-14(13)15(10-20-12)18(2,3)21-17(22)16-11-19-8-9-23-16/h4-7,10,16,19H,8-9,11H2,1-3H3,(H,21,22). The largest absolute Gasteiger partial charge is 0.366 e. The molecule has 0 saturated carbocycles. The van der Waals surface area contributed by atoms with Gasteiger partial charge in [-0.25, -0.2) is 0 Å². The van der Waals surface area contributed by atoms with E-state index in [1.807, 2.05) is 39.1 Å². The molecule has 2 aromatic rings. The number of carbonyl (C=O) groups is 1. The Bertz CT molecular complexity index is 721. The molecule has 0 aliphatic carbocycles. The van der Waals surface area contributed by atoms with Crippen LogP contribution >= 0.6 is 0 Å². The summed E-state index contributed by atoms with van der Waals surface area (Å²) >= 11 is 0. The van der Waals surface area contributed by atoms with Gasteiger partial charge in [-0.05, 0) is 26.2 Å². The molecule has 1 unspecified atom stereocenters. The number of fused-ring (bicyclic) bond motifs is 1. The minimum Gasteiger partial charge on any atom is -0.366 e. The number of nitrogens with one attached hydrogen (secondary N) is 2. The summed E-state index contributed by atoms with van der Waals surface area (Å²) in [5, 5.41) is 8.52. The molecule has 1 saturated heterocycles. The zero-order chi connectivity index (χ0) is 16.4. The topological polar surface area (TPSA) is 63.2 Å². The van der Waals surface area contributed by atoms with Crippen molar-refractivity contribution in [2.24, 2.45) is 0 Å². The zero-order valence-electron chi connectivity index (χ0n) is 13.8. The molecule has 1 aliphatic heterocycles. The summed E-state index contributed by atoms with van der Waals surface area (Å²) in [6.07, 6.45) is 1.42. The normalized spacial score (nSPS) is 18.8. The first-order valence-electron chi connectivity index (χ1n) is 7.98. The lowest BCUT2D eigenvalue weighted by Gasteiger charge is -2.31. The van der Waals surface area contributed by atoms with Crippen LogP contribution < -0.4 is 10.6 Å². The second-order valence-corrected chi connectivity index (χ2v) is 6.48. The second-order valence-electron chi connectivity index (χ2n) is 6.48. The first-order chi connectivity index (χ1) is 11.0. The highest BCUT2D eigenvalue weighted by atomic mass is 16.5. The van der Waals surface area contributed by atoms with Crippen molar-refractivity contribution in [2.75, 3.05) is 19.7 Å². The monoisotopic (exact) mass is 313 g/mol. The summed E-state index contributed by atoms with van der Waals surface area (Å²) in [7, 11) is 0. The number of ether oxygens (including phenoxy) is 1. The van der Waals surface area contributed by atoms with Crippen LogP contribution in [0.1, 0.15) is 25.1 Å². The molecule has 5 nitrogen and oxygen atoms in total. The molecule has 1 aromatic carbocycles. The van der Waals surface area contributed by atoms with E-state index in [9.17, 15) is 4.79 Å². The predicted molar refractivity (Wildman–Crippen MR) is 90.3 cm³/mol. The van der Waals surface area contributed by atoms with Crippen molar-refractivity contribution in [3.05, 3.63) is 41.7 Å². The smallest absolute Gasteiger partial charge is 0.251 e. The van der Waals surface area contributed by atoms with E-state index in [1.165, 1.54) is 0 Å². The quantitative estimate of drug-likeness (QED) is 0.908. The van der Waals surface area contributed by atoms with Gasteiger partial charge < -0.3 is 15.4 Å². The first-order valence-corrected chi connectivity index (χ1v) is 7.98. The van der Waals surface area contributed by atoms with Gasteiger partial charge in [0, 0.05) is 35.9 Å². The Labute approximate surface area is 136 Å². The number of rotatable bonds is 3. The van der Waals surface area contributed by atoms with Gasteiger partial charge in [0.25, 0.3) is 5.91 Å². The highest BCUT2D eigenvalue weighted by molar-refractivity contribution is 5.89. The molecule has 2 heterocycles. The van der Waals surface area contributed by atoms with E-state index in [0.29, 0.717) is 13.2 Å². The average molecular weight is 313 g/mol. The molecule has 1 aromatic heterocycles. The molecule has 1 amide bonds. The lowest BCUT2D eigenvalue weighted by molar-refractivity contribution is -0.136. The molecule has 0 spiro atoms. The Morgan fingerprint density at radius 1 is 1.35 bits per heavy atom. The van der Waals surface area contributed by atoms with Gasteiger partial charge in [0.1, 0.15) is 6.10 Å². The number of aryl methyl sites for hydroxylation is 1. The maximum atomic E-state index is 12.5. The lowest BCUT2D eigenvalue weighted by atomic mass is 9.90. The van der Waals surface area contributed by atoms with Crippen LogP contribution in [-0.4, -0.2) is 36.7 Å². The molecule has 2 N–H and O–H groups in total. The van der Waals surface area contributed by atoms with Crippen LogP contribution in [-0.2, 0) is 15.1 Å². The molecule has 1 atom stereocenters. The van der Waals surface area contributed by atoms with Gasteiger partial charge in [0.05, 0.1) is 12.1 Å². The molecule has 5 heteroatoms. The number of amides is 1. The van der Waals surface area contributed by atoms with Crippen molar-refractivity contribution in [3.8, 4) is 0 Å². The van der Waals surface area contributed by atoms with Crippen LogP contribution in [0.3, 0.4) is 0 Å². The van der Waals surface area contributed by atoms with E-state index in [1.54, 1.807) is 0 Å². The van der Waals surface area contributed by atoms with Crippen molar-refractivity contribution in [3.63, 3.8) is 0 Å². The van der Waals surface area contributed by atoms with Crippen molar-refractivity contribution < 1.29 is 9.53 Å². The summed E-state index contributed by atoms with van der Waals surface area (Å²) in [6.45, 7) is 7.90. The van der Waals surface area contributed by atoms with Gasteiger partial charge in [-0.15, -0.1) is 0 Å². The maximum Gasteiger partial charge on any atom is 0.251 e. The van der Waals surface area contributed by atoms with Gasteiger partial charge in [-0.2, -0.15) is 0 Å². The lowest BCUT2D eigenvalue weighted by Crippen LogP contribution is -2.52. The second kappa shape index (κ2) is 6.26. The van der Waals surface area contributed by atoms with Gasteiger partial charge in [0.15, 0.2) is 0 Å². The molecule has 1 fully saturated rings. The van der Waals surface area contributed by atoms with E-state index in [-0.39, 0.29) is 5.91 Å². The first kappa shape index (κ1) is 15.9. The number of pyridine rings is 1. The Morgan fingerprint density at radius 3 is 2.78 bits per heavy atom. The summed E-state index contributed by atoms with van der Waals surface area (Å²) in [4.78, 5) is 17.0. The van der Waals surface area contributed by atoms with Gasteiger partial charge in [-0.1, -0.05) is 24.3 Å². The summed E-state index contributed by atoms with van der Waals surface area (Å²) in [5.41, 5.74) is 1.47. The Morgan fingerprint density at radius 2 is 2.09 bits per heavy atom. The van der Waals surface area contributed by atoms with Crippen LogP contribution in [0.5, 0.6) is 0 Å². The molecular formula is C18H23N3O2. The minimum atomic E-state index is -0.530. The molecule has 122 valence electrons. The number of aromatic nitrogens is 1. The molecule has 23 heavy (non-hydrogen) atoms. The maximum absolute atomic E-state index is 12.5. The number of carbonyl (C=O) groups excluding carboxylic acids is 1. The van der Waals surface area contributed by atoms with Crippen molar-refractivity contribution in [1.82, 2.24) is 15.6 Å². The average Bonchev–Trinajstić information content (AvgIpc) is 2.55. The fraction of sp³-hybridized carbons (Fsp3) is 0.444. The number of benzene rings is 1. The third-order valence-electron chi connectivity index (χ3n) is 4.32. The number of nitrogens with zero attached hydrogens (tertiary/aromatic N) is 1. The Hall–Kier alpha value is -1.98. The van der Waals surface area contributed by atoms with E-state index < -0.39 is 11.6 Å². The molecule has 0 bridgehead atoms. The summed E-state index contributed by atoms with van der Waals surface area (Å²) < 4.78 is 5.54. The van der Waals surface area contributed by atoms with Crippen molar-refractivity contribution in [1.29, 1.82) is 0 Å². The molecular weight excluding hydrogens is 290 g/mol. The summed E-state index contributed by atoms with van der Waals surface area (Å²) in [6, 6.07) is 8.16. The Balaban J connectivity index is 1.90. The van der Waals surface area contributed by atoms with E-state index in [2.05, 4.69) is 27.8 Å². The third kappa shape index (κ3) is 3.21. The van der Waals surface area contributed by atoms with Crippen LogP contribution in [0.25, 0.3) is 10.8 Å². The van der Waals surface area contributed by atoms with Crippen molar-refractivity contribution >= 4 is 16.7 Å². The van der Waals surface area contributed by atoms with Crippen LogP contribution in [0.2, 0.25) is 0 Å². The van der Waals surface area contributed by atoms with Gasteiger partial charge >= 0.3 is 0 Å².